The second kappa shape index (κ2) is 6.18. The third kappa shape index (κ3) is 2.79. The fourth-order valence-electron chi connectivity index (χ4n) is 3.01. The van der Waals surface area contributed by atoms with Gasteiger partial charge in [0.25, 0.3) is 0 Å². The van der Waals surface area contributed by atoms with Gasteiger partial charge in [-0.15, -0.1) is 11.3 Å². The summed E-state index contributed by atoms with van der Waals surface area (Å²) in [7, 11) is 0. The van der Waals surface area contributed by atoms with Crippen molar-refractivity contribution in [2.45, 2.75) is 64.1 Å². The molecule has 1 unspecified atom stereocenters. The molecule has 0 radical (unpaired) electrons. The lowest BCUT2D eigenvalue weighted by Crippen LogP contribution is -2.39. The molecule has 1 saturated carbocycles. The van der Waals surface area contributed by atoms with Crippen LogP contribution in [0.25, 0.3) is 0 Å². The van der Waals surface area contributed by atoms with Crippen LogP contribution in [0.15, 0.2) is 11.4 Å². The van der Waals surface area contributed by atoms with Crippen molar-refractivity contribution < 1.29 is 9.84 Å². The molecule has 1 heterocycles. The Balaban J connectivity index is 2.25. The minimum absolute atomic E-state index is 0.346. The summed E-state index contributed by atoms with van der Waals surface area (Å²) in [4.78, 5) is 1.09. The molecule has 1 aliphatic carbocycles. The van der Waals surface area contributed by atoms with Gasteiger partial charge in [-0.25, -0.2) is 0 Å². The third-order valence-corrected chi connectivity index (χ3v) is 5.10. The second-order valence-corrected chi connectivity index (χ2v) is 6.23. The molecule has 0 saturated heterocycles. The molecule has 1 N–H and O–H groups in total. The summed E-state index contributed by atoms with van der Waals surface area (Å²) in [5.74, 6) is 0. The van der Waals surface area contributed by atoms with Crippen LogP contribution in [0.3, 0.4) is 0 Å². The topological polar surface area (TPSA) is 29.5 Å². The predicted molar refractivity (Wildman–Crippen MR) is 76.1 cm³/mol. The highest BCUT2D eigenvalue weighted by Crippen LogP contribution is 2.42. The maximum absolute atomic E-state index is 10.8. The average Bonchev–Trinajstić information content (AvgIpc) is 2.64. The maximum atomic E-state index is 10.8. The summed E-state index contributed by atoms with van der Waals surface area (Å²) >= 11 is 1.65. The fourth-order valence-corrected chi connectivity index (χ4v) is 4.03. The van der Waals surface area contributed by atoms with Gasteiger partial charge in [-0.2, -0.15) is 0 Å². The molecule has 0 spiro atoms. The van der Waals surface area contributed by atoms with Crippen molar-refractivity contribution in [2.75, 3.05) is 6.61 Å². The lowest BCUT2D eigenvalue weighted by atomic mass is 9.86. The summed E-state index contributed by atoms with van der Waals surface area (Å²) < 4.78 is 6.05. The smallest absolute Gasteiger partial charge is 0.117 e. The van der Waals surface area contributed by atoms with Gasteiger partial charge >= 0.3 is 0 Å². The molecule has 0 aromatic carbocycles. The van der Waals surface area contributed by atoms with Crippen LogP contribution >= 0.6 is 11.3 Å². The molecular formula is C15H24O2S. The third-order valence-electron chi connectivity index (χ3n) is 4.03. The van der Waals surface area contributed by atoms with Gasteiger partial charge in [0.1, 0.15) is 6.10 Å². The fraction of sp³-hybridized carbons (Fsp3) is 0.733. The van der Waals surface area contributed by atoms with Gasteiger partial charge in [-0.05, 0) is 43.7 Å². The van der Waals surface area contributed by atoms with E-state index < -0.39 is 6.10 Å². The van der Waals surface area contributed by atoms with E-state index in [0.29, 0.717) is 6.61 Å². The molecule has 1 aromatic heterocycles. The zero-order valence-electron chi connectivity index (χ0n) is 11.4. The molecular weight excluding hydrogens is 244 g/mol. The lowest BCUT2D eigenvalue weighted by molar-refractivity contribution is -0.130. The van der Waals surface area contributed by atoms with Crippen LogP contribution in [0, 0.1) is 6.92 Å². The molecule has 1 aliphatic rings. The highest BCUT2D eigenvalue weighted by Gasteiger charge is 2.40. The van der Waals surface area contributed by atoms with Gasteiger partial charge < -0.3 is 9.84 Å². The van der Waals surface area contributed by atoms with Gasteiger partial charge in [0.2, 0.25) is 0 Å². The van der Waals surface area contributed by atoms with Crippen LogP contribution in [-0.4, -0.2) is 17.3 Å². The number of hydrogen-bond donors (Lipinski definition) is 1. The van der Waals surface area contributed by atoms with E-state index in [1.165, 1.54) is 31.2 Å². The van der Waals surface area contributed by atoms with Gasteiger partial charge in [0, 0.05) is 11.5 Å². The van der Waals surface area contributed by atoms with Crippen LogP contribution in [-0.2, 0) is 4.74 Å². The van der Waals surface area contributed by atoms with Crippen LogP contribution in [0.1, 0.15) is 62.0 Å². The molecule has 1 atom stereocenters. The normalized spacial score (nSPS) is 21.5. The van der Waals surface area contributed by atoms with Crippen molar-refractivity contribution in [3.05, 3.63) is 21.9 Å². The van der Waals surface area contributed by atoms with Crippen LogP contribution in [0.4, 0.5) is 0 Å². The molecule has 1 aromatic rings. The Labute approximate surface area is 114 Å². The molecule has 2 rings (SSSR count). The first-order valence-corrected chi connectivity index (χ1v) is 7.93. The summed E-state index contributed by atoms with van der Waals surface area (Å²) in [6, 6.07) is 2.08. The SMILES string of the molecule is CCOC1(C(O)c2sccc2C)CCCCCC1. The molecule has 18 heavy (non-hydrogen) atoms. The van der Waals surface area contributed by atoms with Crippen molar-refractivity contribution in [3.63, 3.8) is 0 Å². The van der Waals surface area contributed by atoms with Crippen molar-refractivity contribution >= 4 is 11.3 Å². The Morgan fingerprint density at radius 1 is 1.33 bits per heavy atom. The Kier molecular flexibility index (Phi) is 4.82. The van der Waals surface area contributed by atoms with Crippen molar-refractivity contribution in [2.24, 2.45) is 0 Å². The number of ether oxygens (including phenoxy) is 1. The minimum Gasteiger partial charge on any atom is -0.385 e. The van der Waals surface area contributed by atoms with Crippen molar-refractivity contribution in [3.8, 4) is 0 Å². The zero-order valence-corrected chi connectivity index (χ0v) is 12.3. The molecule has 0 bridgehead atoms. The van der Waals surface area contributed by atoms with Gasteiger partial charge in [-0.3, -0.25) is 0 Å². The van der Waals surface area contributed by atoms with E-state index in [1.807, 2.05) is 6.92 Å². The quantitative estimate of drug-likeness (QED) is 0.828. The Hall–Kier alpha value is -0.380. The standard InChI is InChI=1S/C15H24O2S/c1-3-17-15(9-6-4-5-7-10-15)14(16)13-12(2)8-11-18-13/h8,11,14,16H,3-7,9-10H2,1-2H3. The highest BCUT2D eigenvalue weighted by atomic mass is 32.1. The Morgan fingerprint density at radius 2 is 2.00 bits per heavy atom. The van der Waals surface area contributed by atoms with Gasteiger partial charge in [-0.1, -0.05) is 25.7 Å². The number of thiophene rings is 1. The van der Waals surface area contributed by atoms with E-state index in [2.05, 4.69) is 18.4 Å². The van der Waals surface area contributed by atoms with Crippen molar-refractivity contribution in [1.29, 1.82) is 0 Å². The van der Waals surface area contributed by atoms with Crippen LogP contribution in [0.2, 0.25) is 0 Å². The highest BCUT2D eigenvalue weighted by molar-refractivity contribution is 7.10. The van der Waals surface area contributed by atoms with E-state index >= 15 is 0 Å². The Morgan fingerprint density at radius 3 is 2.50 bits per heavy atom. The largest absolute Gasteiger partial charge is 0.385 e. The molecule has 1 fully saturated rings. The summed E-state index contributed by atoms with van der Waals surface area (Å²) in [6.45, 7) is 4.79. The minimum atomic E-state index is -0.462. The van der Waals surface area contributed by atoms with Crippen molar-refractivity contribution in [1.82, 2.24) is 0 Å². The first-order chi connectivity index (χ1) is 8.69. The van der Waals surface area contributed by atoms with E-state index in [1.54, 1.807) is 11.3 Å². The van der Waals surface area contributed by atoms with E-state index in [9.17, 15) is 5.11 Å². The number of hydrogen-bond acceptors (Lipinski definition) is 3. The molecule has 0 amide bonds. The Bertz CT molecular complexity index is 364. The molecule has 3 heteroatoms. The summed E-state index contributed by atoms with van der Waals surface area (Å²) in [5, 5.41) is 12.9. The molecule has 0 aliphatic heterocycles. The maximum Gasteiger partial charge on any atom is 0.117 e. The van der Waals surface area contributed by atoms with E-state index in [-0.39, 0.29) is 5.60 Å². The number of aryl methyl sites for hydroxylation is 1. The molecule has 2 nitrogen and oxygen atoms in total. The predicted octanol–water partition coefficient (Wildman–Crippen LogP) is 4.22. The lowest BCUT2D eigenvalue weighted by Gasteiger charge is -2.37. The number of aliphatic hydroxyl groups excluding tert-OH is 1. The second-order valence-electron chi connectivity index (χ2n) is 5.28. The van der Waals surface area contributed by atoms with Gasteiger partial charge in [0.05, 0.1) is 5.60 Å². The number of rotatable bonds is 4. The first-order valence-electron chi connectivity index (χ1n) is 7.05. The average molecular weight is 268 g/mol. The van der Waals surface area contributed by atoms with Crippen LogP contribution in [0.5, 0.6) is 0 Å². The summed E-state index contributed by atoms with van der Waals surface area (Å²) in [6.07, 6.45) is 6.38. The van der Waals surface area contributed by atoms with E-state index in [4.69, 9.17) is 4.74 Å². The molecule has 102 valence electrons. The van der Waals surface area contributed by atoms with E-state index in [0.717, 1.165) is 17.7 Å². The first kappa shape index (κ1) is 14.0. The monoisotopic (exact) mass is 268 g/mol. The zero-order chi connectivity index (χ0) is 13.0. The number of aliphatic hydroxyl groups is 1. The summed E-state index contributed by atoms with van der Waals surface area (Å²) in [5.41, 5.74) is 0.844. The van der Waals surface area contributed by atoms with Gasteiger partial charge in [0.15, 0.2) is 0 Å². The van der Waals surface area contributed by atoms with Crippen LogP contribution < -0.4 is 0 Å².